The minimum Gasteiger partial charge on any atom is -0.463 e. The van der Waals surface area contributed by atoms with Crippen LogP contribution in [0.15, 0.2) is 51.6 Å². The molecule has 1 unspecified atom stereocenters. The number of hydrogen-bond donors (Lipinski definition) is 1. The van der Waals surface area contributed by atoms with E-state index in [1.807, 2.05) is 0 Å². The molecule has 0 saturated heterocycles. The van der Waals surface area contributed by atoms with Crippen LogP contribution in [-0.4, -0.2) is 28.1 Å². The number of carbonyl (C=O) groups excluding carboxylic acids is 2. The summed E-state index contributed by atoms with van der Waals surface area (Å²) >= 11 is 12.1. The van der Waals surface area contributed by atoms with Crippen molar-refractivity contribution in [2.24, 2.45) is 0 Å². The lowest BCUT2D eigenvalue weighted by atomic mass is 10.1. The molecule has 31 heavy (non-hydrogen) atoms. The third kappa shape index (κ3) is 4.12. The second-order valence-electron chi connectivity index (χ2n) is 6.62. The van der Waals surface area contributed by atoms with Gasteiger partial charge < -0.3 is 19.0 Å². The number of hydrogen-bond acceptors (Lipinski definition) is 7. The van der Waals surface area contributed by atoms with Gasteiger partial charge in [0.15, 0.2) is 11.9 Å². The lowest BCUT2D eigenvalue weighted by molar-refractivity contribution is -0.123. The molecule has 0 spiro atoms. The van der Waals surface area contributed by atoms with Crippen LogP contribution in [0, 0.1) is 6.92 Å². The lowest BCUT2D eigenvalue weighted by Gasteiger charge is -2.15. The zero-order chi connectivity index (χ0) is 22.1. The first-order valence-electron chi connectivity index (χ1n) is 9.12. The quantitative estimate of drug-likeness (QED) is 0.404. The zero-order valence-electron chi connectivity index (χ0n) is 16.3. The van der Waals surface area contributed by atoms with Gasteiger partial charge in [0, 0.05) is 0 Å². The Morgan fingerprint density at radius 2 is 2.00 bits per heavy atom. The SMILES string of the molecule is Cc1noc2nc(-c3ccco3)cc(C(=O)OC(C)C(=O)Nc3cccc(Cl)c3Cl)c12. The first kappa shape index (κ1) is 20.9. The van der Waals surface area contributed by atoms with Crippen LogP contribution < -0.4 is 5.32 Å². The number of carbonyl (C=O) groups is 2. The van der Waals surface area contributed by atoms with Crippen LogP contribution in [0.25, 0.3) is 22.6 Å². The molecular weight excluding hydrogens is 445 g/mol. The third-order valence-electron chi connectivity index (χ3n) is 4.47. The predicted molar refractivity (Wildman–Crippen MR) is 114 cm³/mol. The van der Waals surface area contributed by atoms with Crippen molar-refractivity contribution < 1.29 is 23.3 Å². The van der Waals surface area contributed by atoms with Crippen LogP contribution in [0.4, 0.5) is 5.69 Å². The van der Waals surface area contributed by atoms with Crippen LogP contribution in [0.1, 0.15) is 23.0 Å². The Balaban J connectivity index is 1.60. The Labute approximate surface area is 186 Å². The molecular formula is C21H15Cl2N3O5. The van der Waals surface area contributed by atoms with E-state index in [0.717, 1.165) is 0 Å². The highest BCUT2D eigenvalue weighted by atomic mass is 35.5. The lowest BCUT2D eigenvalue weighted by Crippen LogP contribution is -2.30. The maximum atomic E-state index is 12.9. The topological polar surface area (TPSA) is 107 Å². The van der Waals surface area contributed by atoms with Crippen molar-refractivity contribution in [3.63, 3.8) is 0 Å². The zero-order valence-corrected chi connectivity index (χ0v) is 17.8. The van der Waals surface area contributed by atoms with Gasteiger partial charge in [-0.15, -0.1) is 0 Å². The molecule has 4 aromatic rings. The molecule has 0 aliphatic carbocycles. The van der Waals surface area contributed by atoms with E-state index >= 15 is 0 Å². The summed E-state index contributed by atoms with van der Waals surface area (Å²) in [5.74, 6) is -0.881. The minimum absolute atomic E-state index is 0.149. The smallest absolute Gasteiger partial charge is 0.339 e. The summed E-state index contributed by atoms with van der Waals surface area (Å²) in [6.45, 7) is 3.12. The molecule has 1 aromatic carbocycles. The molecule has 0 radical (unpaired) electrons. The molecule has 0 aliphatic rings. The van der Waals surface area contributed by atoms with Crippen molar-refractivity contribution in [2.75, 3.05) is 5.32 Å². The minimum atomic E-state index is -1.13. The van der Waals surface area contributed by atoms with Crippen molar-refractivity contribution in [3.8, 4) is 11.5 Å². The van der Waals surface area contributed by atoms with Crippen molar-refractivity contribution in [1.29, 1.82) is 0 Å². The molecule has 1 amide bonds. The number of esters is 1. The number of aryl methyl sites for hydroxylation is 1. The molecule has 1 atom stereocenters. The maximum absolute atomic E-state index is 12.9. The van der Waals surface area contributed by atoms with E-state index in [-0.39, 0.29) is 21.3 Å². The Morgan fingerprint density at radius 3 is 2.74 bits per heavy atom. The van der Waals surface area contributed by atoms with Crippen molar-refractivity contribution >= 4 is 51.9 Å². The Bertz CT molecular complexity index is 1280. The van der Waals surface area contributed by atoms with E-state index < -0.39 is 18.0 Å². The summed E-state index contributed by atoms with van der Waals surface area (Å²) in [4.78, 5) is 29.8. The normalized spacial score (nSPS) is 12.0. The number of aromatic nitrogens is 2. The summed E-state index contributed by atoms with van der Waals surface area (Å²) in [5.41, 5.74) is 1.44. The van der Waals surface area contributed by atoms with Gasteiger partial charge in [-0.1, -0.05) is 34.4 Å². The third-order valence-corrected chi connectivity index (χ3v) is 5.29. The number of nitrogens with zero attached hydrogens (tertiary/aromatic N) is 2. The van der Waals surface area contributed by atoms with Gasteiger partial charge in [0.2, 0.25) is 0 Å². The van der Waals surface area contributed by atoms with E-state index in [9.17, 15) is 9.59 Å². The molecule has 8 nitrogen and oxygen atoms in total. The summed E-state index contributed by atoms with van der Waals surface area (Å²) in [6.07, 6.45) is 0.357. The van der Waals surface area contributed by atoms with Gasteiger partial charge in [-0.25, -0.2) is 9.78 Å². The molecule has 0 aliphatic heterocycles. The van der Waals surface area contributed by atoms with Crippen LogP contribution in [-0.2, 0) is 9.53 Å². The fourth-order valence-corrected chi connectivity index (χ4v) is 3.27. The fourth-order valence-electron chi connectivity index (χ4n) is 2.92. The number of amides is 1. The van der Waals surface area contributed by atoms with Crippen molar-refractivity contribution in [3.05, 3.63) is 64.0 Å². The van der Waals surface area contributed by atoms with Gasteiger partial charge in [0.25, 0.3) is 11.6 Å². The van der Waals surface area contributed by atoms with E-state index in [1.165, 1.54) is 19.3 Å². The first-order chi connectivity index (χ1) is 14.8. The van der Waals surface area contributed by atoms with E-state index in [0.29, 0.717) is 28.2 Å². The molecule has 3 heterocycles. The largest absolute Gasteiger partial charge is 0.463 e. The van der Waals surface area contributed by atoms with Crippen molar-refractivity contribution in [2.45, 2.75) is 20.0 Å². The number of rotatable bonds is 5. The van der Waals surface area contributed by atoms with Crippen LogP contribution in [0.2, 0.25) is 10.0 Å². The molecule has 0 saturated carbocycles. The average Bonchev–Trinajstić information content (AvgIpc) is 3.41. The van der Waals surface area contributed by atoms with Crippen LogP contribution in [0.3, 0.4) is 0 Å². The molecule has 0 fully saturated rings. The second-order valence-corrected chi connectivity index (χ2v) is 7.40. The van der Waals surface area contributed by atoms with E-state index in [4.69, 9.17) is 36.9 Å². The molecule has 1 N–H and O–H groups in total. The standard InChI is InChI=1S/C21H15Cl2N3O5/c1-10-17-12(9-15(16-7-4-8-29-16)25-20(17)31-26-10)21(28)30-11(2)19(27)24-14-6-3-5-13(22)18(14)23/h3-9,11H,1-2H3,(H,24,27). The number of pyridine rings is 1. The second kappa shape index (κ2) is 8.41. The number of fused-ring (bicyclic) bond motifs is 1. The van der Waals surface area contributed by atoms with Gasteiger partial charge in [-0.2, -0.15) is 0 Å². The van der Waals surface area contributed by atoms with Gasteiger partial charge in [-0.3, -0.25) is 4.79 Å². The number of halogens is 2. The van der Waals surface area contributed by atoms with Gasteiger partial charge in [-0.05, 0) is 44.2 Å². The van der Waals surface area contributed by atoms with Gasteiger partial charge in [0.1, 0.15) is 5.69 Å². The number of anilines is 1. The average molecular weight is 460 g/mol. The predicted octanol–water partition coefficient (Wildman–Crippen LogP) is 5.28. The number of nitrogens with one attached hydrogen (secondary N) is 1. The number of ether oxygens (including phenoxy) is 1. The Morgan fingerprint density at radius 1 is 1.19 bits per heavy atom. The van der Waals surface area contributed by atoms with E-state index in [1.54, 1.807) is 37.3 Å². The fraction of sp³-hybridized carbons (Fsp3) is 0.143. The molecule has 3 aromatic heterocycles. The number of benzene rings is 1. The van der Waals surface area contributed by atoms with Gasteiger partial charge in [0.05, 0.1) is 38.6 Å². The monoisotopic (exact) mass is 459 g/mol. The maximum Gasteiger partial charge on any atom is 0.339 e. The molecule has 0 bridgehead atoms. The van der Waals surface area contributed by atoms with Gasteiger partial charge >= 0.3 is 5.97 Å². The summed E-state index contributed by atoms with van der Waals surface area (Å²) < 4.78 is 16.0. The van der Waals surface area contributed by atoms with Crippen molar-refractivity contribution in [1.82, 2.24) is 10.1 Å². The van der Waals surface area contributed by atoms with Crippen LogP contribution >= 0.6 is 23.2 Å². The summed E-state index contributed by atoms with van der Waals surface area (Å²) in [7, 11) is 0. The molecule has 158 valence electrons. The summed E-state index contributed by atoms with van der Waals surface area (Å²) in [6, 6.07) is 9.71. The molecule has 4 rings (SSSR count). The highest BCUT2D eigenvalue weighted by molar-refractivity contribution is 6.44. The Hall–Kier alpha value is -3.36. The number of furan rings is 1. The van der Waals surface area contributed by atoms with E-state index in [2.05, 4.69) is 15.5 Å². The highest BCUT2D eigenvalue weighted by Crippen LogP contribution is 2.30. The van der Waals surface area contributed by atoms with Crippen LogP contribution in [0.5, 0.6) is 0 Å². The molecule has 10 heteroatoms. The first-order valence-corrected chi connectivity index (χ1v) is 9.87. The Kier molecular flexibility index (Phi) is 5.67. The highest BCUT2D eigenvalue weighted by Gasteiger charge is 2.25. The summed E-state index contributed by atoms with van der Waals surface area (Å²) in [5, 5.41) is 7.33.